The summed E-state index contributed by atoms with van der Waals surface area (Å²) in [6.07, 6.45) is 2.90. The maximum atomic E-state index is 12.3. The van der Waals surface area contributed by atoms with Crippen LogP contribution in [0.5, 0.6) is 0 Å². The molecule has 0 aliphatic carbocycles. The van der Waals surface area contributed by atoms with E-state index in [9.17, 15) is 4.79 Å². The molecule has 0 radical (unpaired) electrons. The van der Waals surface area contributed by atoms with Crippen molar-refractivity contribution in [3.05, 3.63) is 30.0 Å². The van der Waals surface area contributed by atoms with Gasteiger partial charge >= 0.3 is 6.09 Å². The molecule has 3 rings (SSSR count). The Bertz CT molecular complexity index is 730. The first-order chi connectivity index (χ1) is 11.3. The van der Waals surface area contributed by atoms with Gasteiger partial charge in [0.2, 0.25) is 0 Å². The first kappa shape index (κ1) is 16.7. The molecule has 2 aromatic rings. The number of hydrogen-bond donors (Lipinski definition) is 2. The number of nitrogen functional groups attached to an aromatic ring is 1. The smallest absolute Gasteiger partial charge is 0.410 e. The Morgan fingerprint density at radius 2 is 2.17 bits per heavy atom. The molecule has 1 aromatic heterocycles. The van der Waals surface area contributed by atoms with Gasteiger partial charge in [0.05, 0.1) is 0 Å². The number of amides is 1. The standard InChI is InChI=1S/C19H27N3O2/c1-19(2,3)24-18(23)22-8-4-5-13(12-22)9-16-11-14-10-15(20)6-7-17(14)21-16/h6-7,10-11,13,21H,4-5,8-9,12,20H2,1-3H3. The monoisotopic (exact) mass is 329 g/mol. The molecule has 1 amide bonds. The van der Waals surface area contributed by atoms with E-state index in [4.69, 9.17) is 10.5 Å². The molecule has 2 heterocycles. The number of piperidine rings is 1. The summed E-state index contributed by atoms with van der Waals surface area (Å²) < 4.78 is 5.50. The number of ether oxygens (including phenoxy) is 1. The molecule has 24 heavy (non-hydrogen) atoms. The third kappa shape index (κ3) is 4.02. The molecule has 0 bridgehead atoms. The Morgan fingerprint density at radius 1 is 1.38 bits per heavy atom. The number of nitrogens with one attached hydrogen (secondary N) is 1. The lowest BCUT2D eigenvalue weighted by Gasteiger charge is -2.34. The number of carbonyl (C=O) groups is 1. The van der Waals surface area contributed by atoms with Gasteiger partial charge in [-0.15, -0.1) is 0 Å². The van der Waals surface area contributed by atoms with Crippen LogP contribution in [0.2, 0.25) is 0 Å². The van der Waals surface area contributed by atoms with Crippen LogP contribution in [0.15, 0.2) is 24.3 Å². The Morgan fingerprint density at radius 3 is 2.92 bits per heavy atom. The van der Waals surface area contributed by atoms with Crippen LogP contribution in [0.4, 0.5) is 10.5 Å². The van der Waals surface area contributed by atoms with E-state index in [0.717, 1.165) is 48.9 Å². The van der Waals surface area contributed by atoms with E-state index in [-0.39, 0.29) is 6.09 Å². The maximum Gasteiger partial charge on any atom is 0.410 e. The number of hydrogen-bond acceptors (Lipinski definition) is 3. The van der Waals surface area contributed by atoms with Gasteiger partial charge in [0.1, 0.15) is 5.60 Å². The molecule has 1 aliphatic heterocycles. The number of aromatic amines is 1. The summed E-state index contributed by atoms with van der Waals surface area (Å²) in [6, 6.07) is 8.08. The predicted octanol–water partition coefficient (Wildman–Crippen LogP) is 3.94. The molecule has 1 saturated heterocycles. The second kappa shape index (κ2) is 6.38. The van der Waals surface area contributed by atoms with Crippen LogP contribution >= 0.6 is 0 Å². The molecule has 0 spiro atoms. The van der Waals surface area contributed by atoms with Gasteiger partial charge < -0.3 is 20.4 Å². The molecule has 1 aromatic carbocycles. The van der Waals surface area contributed by atoms with Gasteiger partial charge in [0.15, 0.2) is 0 Å². The lowest BCUT2D eigenvalue weighted by Crippen LogP contribution is -2.43. The average molecular weight is 329 g/mol. The number of H-pyrrole nitrogens is 1. The first-order valence-corrected chi connectivity index (χ1v) is 8.65. The van der Waals surface area contributed by atoms with Crippen LogP contribution < -0.4 is 5.73 Å². The Kier molecular flexibility index (Phi) is 4.43. The Hall–Kier alpha value is -2.17. The largest absolute Gasteiger partial charge is 0.444 e. The molecule has 3 N–H and O–H groups in total. The van der Waals surface area contributed by atoms with E-state index in [1.807, 2.05) is 43.9 Å². The van der Waals surface area contributed by atoms with Crippen LogP contribution in [0.3, 0.4) is 0 Å². The van der Waals surface area contributed by atoms with E-state index in [2.05, 4.69) is 11.1 Å². The lowest BCUT2D eigenvalue weighted by molar-refractivity contribution is 0.0165. The number of nitrogens with zero attached hydrogens (tertiary/aromatic N) is 1. The van der Waals surface area contributed by atoms with E-state index in [0.29, 0.717) is 5.92 Å². The highest BCUT2D eigenvalue weighted by Crippen LogP contribution is 2.25. The number of anilines is 1. The van der Waals surface area contributed by atoms with Crippen molar-refractivity contribution in [1.29, 1.82) is 0 Å². The highest BCUT2D eigenvalue weighted by molar-refractivity contribution is 5.83. The number of nitrogens with two attached hydrogens (primary N) is 1. The van der Waals surface area contributed by atoms with Crippen LogP contribution in [0.1, 0.15) is 39.3 Å². The van der Waals surface area contributed by atoms with Gasteiger partial charge in [-0.05, 0) is 70.2 Å². The lowest BCUT2D eigenvalue weighted by atomic mass is 9.93. The molecule has 5 heteroatoms. The molecule has 0 saturated carbocycles. The minimum absolute atomic E-state index is 0.198. The number of aromatic nitrogens is 1. The zero-order chi connectivity index (χ0) is 17.3. The van der Waals surface area contributed by atoms with E-state index < -0.39 is 5.60 Å². The van der Waals surface area contributed by atoms with Crippen LogP contribution in [-0.2, 0) is 11.2 Å². The molecular formula is C19H27N3O2. The van der Waals surface area contributed by atoms with E-state index >= 15 is 0 Å². The fourth-order valence-corrected chi connectivity index (χ4v) is 3.36. The molecule has 1 atom stereocenters. The van der Waals surface area contributed by atoms with Gasteiger partial charge in [0, 0.05) is 35.4 Å². The SMILES string of the molecule is CC(C)(C)OC(=O)N1CCCC(Cc2cc3cc(N)ccc3[nH]2)C1. The fraction of sp³-hybridized carbons (Fsp3) is 0.526. The first-order valence-electron chi connectivity index (χ1n) is 8.65. The number of likely N-dealkylation sites (tertiary alicyclic amines) is 1. The highest BCUT2D eigenvalue weighted by atomic mass is 16.6. The van der Waals surface area contributed by atoms with Gasteiger partial charge in [0.25, 0.3) is 0 Å². The Balaban J connectivity index is 1.65. The van der Waals surface area contributed by atoms with Crippen molar-refractivity contribution in [2.75, 3.05) is 18.8 Å². The minimum atomic E-state index is -0.443. The molecule has 130 valence electrons. The van der Waals surface area contributed by atoms with Gasteiger partial charge in [-0.1, -0.05) is 0 Å². The predicted molar refractivity (Wildman–Crippen MR) is 96.9 cm³/mol. The number of benzene rings is 1. The third-order valence-corrected chi connectivity index (χ3v) is 4.38. The zero-order valence-electron chi connectivity index (χ0n) is 14.8. The van der Waals surface area contributed by atoms with Gasteiger partial charge in [-0.25, -0.2) is 4.79 Å². The molecule has 1 aliphatic rings. The van der Waals surface area contributed by atoms with Crippen LogP contribution in [0.25, 0.3) is 10.9 Å². The number of carbonyl (C=O) groups excluding carboxylic acids is 1. The average Bonchev–Trinajstić information content (AvgIpc) is 2.87. The normalized spacial score (nSPS) is 18.8. The second-order valence-corrected chi connectivity index (χ2v) is 7.78. The van der Waals surface area contributed by atoms with Crippen molar-refractivity contribution in [2.24, 2.45) is 5.92 Å². The van der Waals surface area contributed by atoms with Crippen molar-refractivity contribution >= 4 is 22.7 Å². The minimum Gasteiger partial charge on any atom is -0.444 e. The third-order valence-electron chi connectivity index (χ3n) is 4.38. The topological polar surface area (TPSA) is 71.3 Å². The molecule has 5 nitrogen and oxygen atoms in total. The van der Waals surface area contributed by atoms with Crippen molar-refractivity contribution in [3.8, 4) is 0 Å². The zero-order valence-corrected chi connectivity index (χ0v) is 14.8. The number of fused-ring (bicyclic) bond motifs is 1. The van der Waals surface area contributed by atoms with Crippen LogP contribution in [0, 0.1) is 5.92 Å². The van der Waals surface area contributed by atoms with Crippen molar-refractivity contribution in [3.63, 3.8) is 0 Å². The summed E-state index contributed by atoms with van der Waals surface area (Å²) in [4.78, 5) is 17.6. The summed E-state index contributed by atoms with van der Waals surface area (Å²) >= 11 is 0. The quantitative estimate of drug-likeness (QED) is 0.820. The van der Waals surface area contributed by atoms with Crippen molar-refractivity contribution in [1.82, 2.24) is 9.88 Å². The van der Waals surface area contributed by atoms with Gasteiger partial charge in [-0.2, -0.15) is 0 Å². The summed E-state index contributed by atoms with van der Waals surface area (Å²) in [7, 11) is 0. The highest BCUT2D eigenvalue weighted by Gasteiger charge is 2.27. The number of rotatable bonds is 2. The van der Waals surface area contributed by atoms with Crippen LogP contribution in [-0.4, -0.2) is 34.7 Å². The summed E-state index contributed by atoms with van der Waals surface area (Å²) in [5.74, 6) is 0.455. The Labute approximate surface area is 143 Å². The van der Waals surface area contributed by atoms with Gasteiger partial charge in [-0.3, -0.25) is 0 Å². The maximum absolute atomic E-state index is 12.3. The molecule has 1 unspecified atom stereocenters. The summed E-state index contributed by atoms with van der Waals surface area (Å²) in [5.41, 5.74) is 8.49. The van der Waals surface area contributed by atoms with E-state index in [1.165, 1.54) is 5.69 Å². The summed E-state index contributed by atoms with van der Waals surface area (Å²) in [5, 5.41) is 1.14. The van der Waals surface area contributed by atoms with E-state index in [1.54, 1.807) is 0 Å². The summed E-state index contributed by atoms with van der Waals surface area (Å²) in [6.45, 7) is 7.26. The second-order valence-electron chi connectivity index (χ2n) is 7.78. The van der Waals surface area contributed by atoms with Crippen molar-refractivity contribution in [2.45, 2.75) is 45.6 Å². The molecule has 1 fully saturated rings. The fourth-order valence-electron chi connectivity index (χ4n) is 3.36. The molecular weight excluding hydrogens is 302 g/mol. The van der Waals surface area contributed by atoms with Crippen molar-refractivity contribution < 1.29 is 9.53 Å².